The molecule has 0 radical (unpaired) electrons. The largest absolute Gasteiger partial charge is 0.327 e. The normalized spacial score (nSPS) is 25.6. The predicted octanol–water partition coefficient (Wildman–Crippen LogP) is 4.60. The second-order valence-corrected chi connectivity index (χ2v) is 7.06. The summed E-state index contributed by atoms with van der Waals surface area (Å²) in [4.78, 5) is 0. The summed E-state index contributed by atoms with van der Waals surface area (Å²) >= 11 is 1.85. The maximum absolute atomic E-state index is 6.48. The highest BCUT2D eigenvalue weighted by Gasteiger charge is 2.24. The molecule has 1 nitrogen and oxygen atoms in total. The number of hydrogen-bond acceptors (Lipinski definition) is 2. The fourth-order valence-electron chi connectivity index (χ4n) is 3.33. The van der Waals surface area contributed by atoms with Gasteiger partial charge in [0.15, 0.2) is 0 Å². The van der Waals surface area contributed by atoms with Crippen LogP contribution in [-0.4, -0.2) is 6.04 Å². The Hall–Kier alpha value is -0.860. The van der Waals surface area contributed by atoms with Crippen molar-refractivity contribution in [3.05, 3.63) is 35.2 Å². The highest BCUT2D eigenvalue weighted by molar-refractivity contribution is 7.17. The fraction of sp³-hybridized carbons (Fsp3) is 0.529. The average Bonchev–Trinajstić information content (AvgIpc) is 2.83. The second kappa shape index (κ2) is 5.64. The van der Waals surface area contributed by atoms with Gasteiger partial charge in [-0.05, 0) is 53.5 Å². The summed E-state index contributed by atoms with van der Waals surface area (Å²) in [5.41, 5.74) is 7.93. The molecule has 0 bridgehead atoms. The fourth-order valence-corrected chi connectivity index (χ4v) is 4.30. The Balaban J connectivity index is 1.70. The summed E-state index contributed by atoms with van der Waals surface area (Å²) in [5.74, 6) is 1.64. The van der Waals surface area contributed by atoms with Crippen molar-refractivity contribution in [3.8, 4) is 0 Å². The van der Waals surface area contributed by atoms with Crippen molar-refractivity contribution in [2.45, 2.75) is 45.1 Å². The first kappa shape index (κ1) is 13.1. The number of hydrogen-bond donors (Lipinski definition) is 1. The molecule has 1 fully saturated rings. The van der Waals surface area contributed by atoms with Crippen LogP contribution in [0.15, 0.2) is 29.6 Å². The molecule has 0 amide bonds. The summed E-state index contributed by atoms with van der Waals surface area (Å²) in [6.45, 7) is 2.37. The third kappa shape index (κ3) is 2.85. The zero-order chi connectivity index (χ0) is 13.2. The Morgan fingerprint density at radius 1 is 1.21 bits per heavy atom. The molecule has 3 rings (SSSR count). The van der Waals surface area contributed by atoms with E-state index < -0.39 is 0 Å². The molecular weight excluding hydrogens is 250 g/mol. The van der Waals surface area contributed by atoms with E-state index in [1.807, 2.05) is 11.3 Å². The molecule has 1 aliphatic carbocycles. The van der Waals surface area contributed by atoms with Crippen LogP contribution in [-0.2, 0) is 6.42 Å². The van der Waals surface area contributed by atoms with Gasteiger partial charge in [0.25, 0.3) is 0 Å². The molecule has 2 N–H and O–H groups in total. The summed E-state index contributed by atoms with van der Waals surface area (Å²) < 4.78 is 1.39. The molecule has 1 saturated carbocycles. The van der Waals surface area contributed by atoms with Gasteiger partial charge in [-0.3, -0.25) is 0 Å². The third-order valence-corrected chi connectivity index (χ3v) is 5.70. The molecule has 0 aliphatic heterocycles. The smallest absolute Gasteiger partial charge is 0.0345 e. The lowest BCUT2D eigenvalue weighted by molar-refractivity contribution is 0.253. The van der Waals surface area contributed by atoms with Crippen LogP contribution in [0.5, 0.6) is 0 Å². The molecule has 19 heavy (non-hydrogen) atoms. The van der Waals surface area contributed by atoms with Crippen molar-refractivity contribution in [1.82, 2.24) is 0 Å². The van der Waals surface area contributed by atoms with E-state index in [-0.39, 0.29) is 0 Å². The zero-order valence-corrected chi connectivity index (χ0v) is 12.5. The Morgan fingerprint density at radius 2 is 1.95 bits per heavy atom. The summed E-state index contributed by atoms with van der Waals surface area (Å²) in [7, 11) is 0. The van der Waals surface area contributed by atoms with Gasteiger partial charge in [-0.15, -0.1) is 11.3 Å². The van der Waals surface area contributed by atoms with Gasteiger partial charge in [-0.1, -0.05) is 38.0 Å². The van der Waals surface area contributed by atoms with Crippen LogP contribution < -0.4 is 5.73 Å². The van der Waals surface area contributed by atoms with Gasteiger partial charge in [0.05, 0.1) is 0 Å². The van der Waals surface area contributed by atoms with E-state index in [2.05, 4.69) is 36.6 Å². The van der Waals surface area contributed by atoms with Gasteiger partial charge >= 0.3 is 0 Å². The Morgan fingerprint density at radius 3 is 2.74 bits per heavy atom. The molecule has 1 atom stereocenters. The van der Waals surface area contributed by atoms with Gasteiger partial charge in [-0.2, -0.15) is 0 Å². The van der Waals surface area contributed by atoms with Crippen molar-refractivity contribution < 1.29 is 0 Å². The zero-order valence-electron chi connectivity index (χ0n) is 11.6. The Bertz CT molecular complexity index is 537. The van der Waals surface area contributed by atoms with Crippen molar-refractivity contribution in [1.29, 1.82) is 0 Å². The highest BCUT2D eigenvalue weighted by atomic mass is 32.1. The standard InChI is InChI=1S/C17H23NS/c1-12-6-8-13(9-7-12)16(18)10-14-11-19-17-5-3-2-4-15(14)17/h2-5,11-13,16H,6-10,18H2,1H3. The van der Waals surface area contributed by atoms with Gasteiger partial charge in [0, 0.05) is 10.7 Å². The van der Waals surface area contributed by atoms with E-state index in [0.29, 0.717) is 6.04 Å². The molecule has 1 heterocycles. The highest BCUT2D eigenvalue weighted by Crippen LogP contribution is 2.32. The van der Waals surface area contributed by atoms with E-state index in [9.17, 15) is 0 Å². The van der Waals surface area contributed by atoms with E-state index in [4.69, 9.17) is 5.73 Å². The minimum Gasteiger partial charge on any atom is -0.327 e. The predicted molar refractivity (Wildman–Crippen MR) is 84.6 cm³/mol. The molecule has 1 aliphatic rings. The van der Waals surface area contributed by atoms with Crippen LogP contribution >= 0.6 is 11.3 Å². The minimum absolute atomic E-state index is 0.338. The van der Waals surface area contributed by atoms with E-state index >= 15 is 0 Å². The van der Waals surface area contributed by atoms with Gasteiger partial charge in [0.1, 0.15) is 0 Å². The van der Waals surface area contributed by atoms with Gasteiger partial charge < -0.3 is 5.73 Å². The van der Waals surface area contributed by atoms with Crippen LogP contribution in [0.25, 0.3) is 10.1 Å². The van der Waals surface area contributed by atoms with Gasteiger partial charge in [-0.25, -0.2) is 0 Å². The van der Waals surface area contributed by atoms with Crippen LogP contribution in [0, 0.1) is 11.8 Å². The molecule has 1 aromatic carbocycles. The first-order valence-corrected chi connectivity index (χ1v) is 8.32. The van der Waals surface area contributed by atoms with Crippen molar-refractivity contribution >= 4 is 21.4 Å². The van der Waals surface area contributed by atoms with Crippen molar-refractivity contribution in [3.63, 3.8) is 0 Å². The molecule has 2 aromatic rings. The molecule has 1 unspecified atom stereocenters. The van der Waals surface area contributed by atoms with Crippen molar-refractivity contribution in [2.75, 3.05) is 0 Å². The quantitative estimate of drug-likeness (QED) is 0.869. The molecule has 2 heteroatoms. The van der Waals surface area contributed by atoms with E-state index in [1.165, 1.54) is 41.3 Å². The molecule has 102 valence electrons. The second-order valence-electron chi connectivity index (χ2n) is 6.15. The topological polar surface area (TPSA) is 26.0 Å². The first-order chi connectivity index (χ1) is 9.24. The molecule has 0 saturated heterocycles. The summed E-state index contributed by atoms with van der Waals surface area (Å²) in [6, 6.07) is 9.02. The number of fused-ring (bicyclic) bond motifs is 1. The number of benzene rings is 1. The lowest BCUT2D eigenvalue weighted by Crippen LogP contribution is -2.34. The maximum Gasteiger partial charge on any atom is 0.0345 e. The summed E-state index contributed by atoms with van der Waals surface area (Å²) in [6.07, 6.45) is 6.42. The van der Waals surface area contributed by atoms with Crippen molar-refractivity contribution in [2.24, 2.45) is 17.6 Å². The maximum atomic E-state index is 6.48. The molecule has 0 spiro atoms. The van der Waals surface area contributed by atoms with E-state index in [1.54, 1.807) is 0 Å². The number of thiophene rings is 1. The molecular formula is C17H23NS. The molecule has 1 aromatic heterocycles. The average molecular weight is 273 g/mol. The van der Waals surface area contributed by atoms with Crippen LogP contribution in [0.3, 0.4) is 0 Å². The minimum atomic E-state index is 0.338. The number of nitrogens with two attached hydrogens (primary N) is 1. The van der Waals surface area contributed by atoms with Crippen LogP contribution in [0.2, 0.25) is 0 Å². The monoisotopic (exact) mass is 273 g/mol. The SMILES string of the molecule is CC1CCC(C(N)Cc2csc3ccccc23)CC1. The van der Waals surface area contributed by atoms with E-state index in [0.717, 1.165) is 18.3 Å². The Labute approximate surface area is 119 Å². The van der Waals surface area contributed by atoms with Crippen LogP contribution in [0.1, 0.15) is 38.2 Å². The first-order valence-electron chi connectivity index (χ1n) is 7.44. The number of rotatable bonds is 3. The van der Waals surface area contributed by atoms with Gasteiger partial charge in [0.2, 0.25) is 0 Å². The Kier molecular flexibility index (Phi) is 3.90. The lowest BCUT2D eigenvalue weighted by atomic mass is 9.78. The van der Waals surface area contributed by atoms with Crippen LogP contribution in [0.4, 0.5) is 0 Å². The summed E-state index contributed by atoms with van der Waals surface area (Å²) in [5, 5.41) is 3.71. The third-order valence-electron chi connectivity index (χ3n) is 4.68. The lowest BCUT2D eigenvalue weighted by Gasteiger charge is -2.30.